The van der Waals surface area contributed by atoms with E-state index in [1.165, 1.54) is 0 Å². The first-order valence-electron chi connectivity index (χ1n) is 7.03. The van der Waals surface area contributed by atoms with Gasteiger partial charge in [-0.3, -0.25) is 10.1 Å². The molecule has 0 aromatic rings. The molecule has 2 heterocycles. The van der Waals surface area contributed by atoms with Crippen molar-refractivity contribution in [3.05, 3.63) is 0 Å². The zero-order valence-electron chi connectivity index (χ0n) is 11.5. The summed E-state index contributed by atoms with van der Waals surface area (Å²) in [5, 5.41) is 3.30. The van der Waals surface area contributed by atoms with Crippen LogP contribution < -0.4 is 5.32 Å². The van der Waals surface area contributed by atoms with E-state index in [-0.39, 0.29) is 18.1 Å². The van der Waals surface area contributed by atoms with Gasteiger partial charge in [0.15, 0.2) is 0 Å². The van der Waals surface area contributed by atoms with Gasteiger partial charge < -0.3 is 14.5 Å². The number of amides is 1. The number of nitrogens with one attached hydrogen (secondary N) is 1. The topological polar surface area (TPSA) is 44.8 Å². The third kappa shape index (κ3) is 3.43. The molecule has 0 spiro atoms. The van der Waals surface area contributed by atoms with Gasteiger partial charge in [-0.25, -0.2) is 0 Å². The van der Waals surface area contributed by atoms with Crippen LogP contribution in [0, 0.1) is 0 Å². The second-order valence-electron chi connectivity index (χ2n) is 5.37. The smallest absolute Gasteiger partial charge is 0.240 e. The molecule has 1 N–H and O–H groups in total. The van der Waals surface area contributed by atoms with Crippen LogP contribution in [0.15, 0.2) is 0 Å². The number of rotatable bonds is 5. The SMILES string of the molecule is CCCCC1NCN(CC2CN(C)CCO2)C1=O. The Morgan fingerprint density at radius 1 is 1.50 bits per heavy atom. The molecule has 0 radical (unpaired) electrons. The lowest BCUT2D eigenvalue weighted by Crippen LogP contribution is -2.46. The van der Waals surface area contributed by atoms with Gasteiger partial charge in [0, 0.05) is 19.6 Å². The summed E-state index contributed by atoms with van der Waals surface area (Å²) < 4.78 is 5.71. The van der Waals surface area contributed by atoms with Crippen molar-refractivity contribution >= 4 is 5.91 Å². The molecule has 104 valence electrons. The third-order valence-corrected chi connectivity index (χ3v) is 3.75. The van der Waals surface area contributed by atoms with E-state index in [9.17, 15) is 4.79 Å². The third-order valence-electron chi connectivity index (χ3n) is 3.75. The standard InChI is InChI=1S/C13H25N3O2/c1-3-4-5-12-13(17)16(10-14-12)9-11-8-15(2)6-7-18-11/h11-12,14H,3-10H2,1-2H3. The Morgan fingerprint density at radius 2 is 2.33 bits per heavy atom. The van der Waals surface area contributed by atoms with E-state index in [0.717, 1.165) is 45.5 Å². The van der Waals surface area contributed by atoms with Gasteiger partial charge in [0.1, 0.15) is 0 Å². The van der Waals surface area contributed by atoms with Gasteiger partial charge in [-0.15, -0.1) is 0 Å². The molecular formula is C13H25N3O2. The Hall–Kier alpha value is -0.650. The lowest BCUT2D eigenvalue weighted by atomic mass is 10.1. The normalized spacial score (nSPS) is 30.1. The molecule has 0 bridgehead atoms. The van der Waals surface area contributed by atoms with Crippen LogP contribution in [0.5, 0.6) is 0 Å². The summed E-state index contributed by atoms with van der Waals surface area (Å²) in [7, 11) is 2.10. The average Bonchev–Trinajstić information content (AvgIpc) is 2.69. The van der Waals surface area contributed by atoms with Gasteiger partial charge in [-0.2, -0.15) is 0 Å². The fraction of sp³-hybridized carbons (Fsp3) is 0.923. The van der Waals surface area contributed by atoms with Crippen LogP contribution >= 0.6 is 0 Å². The minimum atomic E-state index is 0.0336. The number of nitrogens with zero attached hydrogens (tertiary/aromatic N) is 2. The van der Waals surface area contributed by atoms with Gasteiger partial charge in [0.25, 0.3) is 0 Å². The monoisotopic (exact) mass is 255 g/mol. The molecule has 2 aliphatic rings. The van der Waals surface area contributed by atoms with Crippen molar-refractivity contribution in [2.75, 3.05) is 40.0 Å². The van der Waals surface area contributed by atoms with Gasteiger partial charge in [-0.05, 0) is 13.5 Å². The van der Waals surface area contributed by atoms with Crippen LogP contribution in [0.2, 0.25) is 0 Å². The minimum absolute atomic E-state index is 0.0336. The number of carbonyl (C=O) groups is 1. The molecule has 0 aliphatic carbocycles. The zero-order chi connectivity index (χ0) is 13.0. The number of morpholine rings is 1. The van der Waals surface area contributed by atoms with Crippen LogP contribution in [0.4, 0.5) is 0 Å². The Kier molecular flexibility index (Phi) is 4.97. The highest BCUT2D eigenvalue weighted by Gasteiger charge is 2.32. The molecule has 0 aromatic carbocycles. The van der Waals surface area contributed by atoms with E-state index >= 15 is 0 Å². The predicted octanol–water partition coefficient (Wildman–Crippen LogP) is 0.265. The second kappa shape index (κ2) is 6.50. The van der Waals surface area contributed by atoms with E-state index < -0.39 is 0 Å². The maximum absolute atomic E-state index is 12.2. The Morgan fingerprint density at radius 3 is 3.06 bits per heavy atom. The fourth-order valence-corrected chi connectivity index (χ4v) is 2.62. The summed E-state index contributed by atoms with van der Waals surface area (Å²) in [5.41, 5.74) is 0. The van der Waals surface area contributed by atoms with Gasteiger partial charge >= 0.3 is 0 Å². The fourth-order valence-electron chi connectivity index (χ4n) is 2.62. The van der Waals surface area contributed by atoms with Crippen LogP contribution in [0.25, 0.3) is 0 Å². The largest absolute Gasteiger partial charge is 0.374 e. The predicted molar refractivity (Wildman–Crippen MR) is 70.3 cm³/mol. The number of carbonyl (C=O) groups excluding carboxylic acids is 1. The number of unbranched alkanes of at least 4 members (excludes halogenated alkanes) is 1. The van der Waals surface area contributed by atoms with E-state index in [1.807, 2.05) is 4.90 Å². The first-order valence-corrected chi connectivity index (χ1v) is 7.03. The molecule has 0 saturated carbocycles. The van der Waals surface area contributed by atoms with E-state index in [2.05, 4.69) is 24.2 Å². The molecule has 2 fully saturated rings. The number of hydrogen-bond donors (Lipinski definition) is 1. The number of likely N-dealkylation sites (N-methyl/N-ethyl adjacent to an activating group) is 1. The quantitative estimate of drug-likeness (QED) is 0.766. The summed E-state index contributed by atoms with van der Waals surface area (Å²) in [4.78, 5) is 16.3. The van der Waals surface area contributed by atoms with Crippen LogP contribution in [0.3, 0.4) is 0 Å². The first-order chi connectivity index (χ1) is 8.70. The van der Waals surface area contributed by atoms with Gasteiger partial charge in [0.05, 0.1) is 25.4 Å². The molecule has 5 nitrogen and oxygen atoms in total. The molecule has 2 atom stereocenters. The Labute approximate surface area is 109 Å². The summed E-state index contributed by atoms with van der Waals surface area (Å²) in [5.74, 6) is 0.250. The molecule has 0 aromatic heterocycles. The van der Waals surface area contributed by atoms with Crippen molar-refractivity contribution in [3.8, 4) is 0 Å². The average molecular weight is 255 g/mol. The van der Waals surface area contributed by atoms with Crippen molar-refractivity contribution in [3.63, 3.8) is 0 Å². The molecule has 2 aliphatic heterocycles. The van der Waals surface area contributed by atoms with Gasteiger partial charge in [0.2, 0.25) is 5.91 Å². The number of hydrogen-bond acceptors (Lipinski definition) is 4. The van der Waals surface area contributed by atoms with Crippen LogP contribution in [-0.4, -0.2) is 67.8 Å². The Balaban J connectivity index is 1.78. The van der Waals surface area contributed by atoms with Crippen LogP contribution in [0.1, 0.15) is 26.2 Å². The molecule has 1 amide bonds. The molecular weight excluding hydrogens is 230 g/mol. The molecule has 2 unspecified atom stereocenters. The van der Waals surface area contributed by atoms with Crippen molar-refractivity contribution in [1.82, 2.24) is 15.1 Å². The lowest BCUT2D eigenvalue weighted by Gasteiger charge is -2.32. The molecule has 2 saturated heterocycles. The highest BCUT2D eigenvalue weighted by Crippen LogP contribution is 2.13. The zero-order valence-corrected chi connectivity index (χ0v) is 11.5. The minimum Gasteiger partial charge on any atom is -0.374 e. The summed E-state index contributed by atoms with van der Waals surface area (Å²) in [6.07, 6.45) is 3.37. The second-order valence-corrected chi connectivity index (χ2v) is 5.37. The van der Waals surface area contributed by atoms with Crippen molar-refractivity contribution in [2.24, 2.45) is 0 Å². The highest BCUT2D eigenvalue weighted by atomic mass is 16.5. The van der Waals surface area contributed by atoms with Crippen molar-refractivity contribution in [1.29, 1.82) is 0 Å². The van der Waals surface area contributed by atoms with E-state index in [4.69, 9.17) is 4.74 Å². The summed E-state index contributed by atoms with van der Waals surface area (Å²) >= 11 is 0. The van der Waals surface area contributed by atoms with Gasteiger partial charge in [-0.1, -0.05) is 19.8 Å². The summed E-state index contributed by atoms with van der Waals surface area (Å²) in [6.45, 7) is 6.24. The maximum atomic E-state index is 12.2. The molecule has 18 heavy (non-hydrogen) atoms. The first kappa shape index (κ1) is 13.8. The van der Waals surface area contributed by atoms with Crippen molar-refractivity contribution < 1.29 is 9.53 Å². The molecule has 2 rings (SSSR count). The van der Waals surface area contributed by atoms with Crippen LogP contribution in [-0.2, 0) is 9.53 Å². The molecule has 5 heteroatoms. The van der Waals surface area contributed by atoms with E-state index in [0.29, 0.717) is 6.67 Å². The van der Waals surface area contributed by atoms with E-state index in [1.54, 1.807) is 0 Å². The van der Waals surface area contributed by atoms with Crippen molar-refractivity contribution in [2.45, 2.75) is 38.3 Å². The number of ether oxygens (including phenoxy) is 1. The highest BCUT2D eigenvalue weighted by molar-refractivity contribution is 5.83. The maximum Gasteiger partial charge on any atom is 0.240 e. The Bertz CT molecular complexity index is 285. The lowest BCUT2D eigenvalue weighted by molar-refractivity contribution is -0.131. The summed E-state index contributed by atoms with van der Waals surface area (Å²) in [6, 6.07) is 0.0336.